The number of ether oxygens (including phenoxy) is 2. The number of anilines is 1. The van der Waals surface area contributed by atoms with E-state index in [9.17, 15) is 9.59 Å². The molecule has 5 nitrogen and oxygen atoms in total. The van der Waals surface area contributed by atoms with Crippen LogP contribution in [0.3, 0.4) is 0 Å². The van der Waals surface area contributed by atoms with Crippen LogP contribution in [-0.4, -0.2) is 32.0 Å². The first-order valence-corrected chi connectivity index (χ1v) is 7.38. The summed E-state index contributed by atoms with van der Waals surface area (Å²) in [5.74, 6) is 0.253. The van der Waals surface area contributed by atoms with Gasteiger partial charge in [-0.05, 0) is 37.6 Å². The van der Waals surface area contributed by atoms with Gasteiger partial charge in [-0.3, -0.25) is 4.79 Å². The Hall–Kier alpha value is -2.30. The van der Waals surface area contributed by atoms with Gasteiger partial charge < -0.3 is 14.8 Å². The number of methoxy groups -OCH3 is 1. The number of benzene rings is 1. The number of carbonyl (C=O) groups is 2. The van der Waals surface area contributed by atoms with Gasteiger partial charge in [0.2, 0.25) is 0 Å². The molecule has 0 aromatic heterocycles. The van der Waals surface area contributed by atoms with Gasteiger partial charge in [0.1, 0.15) is 12.0 Å². The summed E-state index contributed by atoms with van der Waals surface area (Å²) in [7, 11) is 1.59. The van der Waals surface area contributed by atoms with E-state index in [0.717, 1.165) is 18.6 Å². The number of nitrogens with one attached hydrogen (secondary N) is 1. The largest absolute Gasteiger partial charge is 0.497 e. The molecule has 1 N–H and O–H groups in total. The van der Waals surface area contributed by atoms with Gasteiger partial charge in [0.05, 0.1) is 13.7 Å². The number of unbranched alkanes of at least 4 members (excludes halogenated alkanes) is 1. The van der Waals surface area contributed by atoms with Crippen LogP contribution in [0.2, 0.25) is 0 Å². The molecular formula is C17H23NO4. The average molecular weight is 305 g/mol. The summed E-state index contributed by atoms with van der Waals surface area (Å²) >= 11 is 0. The van der Waals surface area contributed by atoms with Gasteiger partial charge >= 0.3 is 5.97 Å². The van der Waals surface area contributed by atoms with Crippen LogP contribution < -0.4 is 10.1 Å². The zero-order valence-corrected chi connectivity index (χ0v) is 13.3. The summed E-state index contributed by atoms with van der Waals surface area (Å²) in [5, 5.41) is 3.05. The van der Waals surface area contributed by atoms with E-state index in [0.29, 0.717) is 17.5 Å². The Bertz CT molecular complexity index is 508. The van der Waals surface area contributed by atoms with Crippen LogP contribution in [0, 0.1) is 0 Å². The smallest absolute Gasteiger partial charge is 0.333 e. The van der Waals surface area contributed by atoms with Crippen molar-refractivity contribution in [2.45, 2.75) is 32.7 Å². The molecule has 0 aliphatic rings. The Kier molecular flexibility index (Phi) is 7.75. The van der Waals surface area contributed by atoms with E-state index in [1.807, 2.05) is 6.92 Å². The van der Waals surface area contributed by atoms with E-state index in [1.54, 1.807) is 44.4 Å². The number of carbonyl (C=O) groups excluding carboxylic acids is 2. The lowest BCUT2D eigenvalue weighted by molar-refractivity contribution is -0.143. The third-order valence-corrected chi connectivity index (χ3v) is 3.06. The number of esters is 1. The highest BCUT2D eigenvalue weighted by Crippen LogP contribution is 2.18. The van der Waals surface area contributed by atoms with Crippen molar-refractivity contribution in [3.8, 4) is 5.75 Å². The van der Waals surface area contributed by atoms with Crippen molar-refractivity contribution >= 4 is 17.9 Å². The number of hydrogen-bond acceptors (Lipinski definition) is 5. The molecule has 1 atom stereocenters. The van der Waals surface area contributed by atoms with Crippen molar-refractivity contribution < 1.29 is 19.1 Å². The van der Waals surface area contributed by atoms with Crippen LogP contribution in [0.5, 0.6) is 5.75 Å². The first-order chi connectivity index (χ1) is 10.7. The van der Waals surface area contributed by atoms with Crippen LogP contribution in [-0.2, 0) is 14.3 Å². The monoisotopic (exact) mass is 305 g/mol. The minimum Gasteiger partial charge on any atom is -0.497 e. The molecule has 5 heteroatoms. The Labute approximate surface area is 131 Å². The molecular weight excluding hydrogens is 282 g/mol. The molecule has 0 bridgehead atoms. The standard InChI is InChI=1S/C17H23NO4/c1-4-6-7-13(12-19)16(17(20)22-5-2)18-14-8-10-15(21-3)11-9-14/h7-12,16,18H,4-6H2,1-3H3/b13-7+/t16-/m0/s1. The third-order valence-electron chi connectivity index (χ3n) is 3.06. The van der Waals surface area contributed by atoms with Crippen molar-refractivity contribution in [1.82, 2.24) is 0 Å². The average Bonchev–Trinajstić information content (AvgIpc) is 2.55. The quantitative estimate of drug-likeness (QED) is 0.432. The second-order valence-electron chi connectivity index (χ2n) is 4.67. The molecule has 1 aromatic carbocycles. The van der Waals surface area contributed by atoms with Gasteiger partial charge in [0.25, 0.3) is 0 Å². The van der Waals surface area contributed by atoms with E-state index in [1.165, 1.54) is 0 Å². The molecule has 0 aliphatic heterocycles. The highest BCUT2D eigenvalue weighted by Gasteiger charge is 2.23. The van der Waals surface area contributed by atoms with Gasteiger partial charge in [-0.15, -0.1) is 0 Å². The number of aldehydes is 1. The van der Waals surface area contributed by atoms with Crippen LogP contribution in [0.4, 0.5) is 5.69 Å². The summed E-state index contributed by atoms with van der Waals surface area (Å²) in [6.07, 6.45) is 4.10. The highest BCUT2D eigenvalue weighted by atomic mass is 16.5. The molecule has 120 valence electrons. The van der Waals surface area contributed by atoms with Crippen molar-refractivity contribution in [3.63, 3.8) is 0 Å². The van der Waals surface area contributed by atoms with Gasteiger partial charge in [0.15, 0.2) is 6.04 Å². The van der Waals surface area contributed by atoms with Crippen molar-refractivity contribution in [3.05, 3.63) is 35.9 Å². The minimum atomic E-state index is -0.808. The van der Waals surface area contributed by atoms with E-state index in [4.69, 9.17) is 9.47 Å². The zero-order valence-electron chi connectivity index (χ0n) is 13.3. The molecule has 0 saturated carbocycles. The Balaban J connectivity index is 2.97. The third kappa shape index (κ3) is 5.24. The molecule has 0 fully saturated rings. The summed E-state index contributed by atoms with van der Waals surface area (Å²) in [6, 6.07) is 6.32. The van der Waals surface area contributed by atoms with E-state index in [2.05, 4.69) is 5.32 Å². The molecule has 0 spiro atoms. The fourth-order valence-electron chi connectivity index (χ4n) is 1.90. The van der Waals surface area contributed by atoms with Crippen molar-refractivity contribution in [2.24, 2.45) is 0 Å². The molecule has 0 saturated heterocycles. The van der Waals surface area contributed by atoms with E-state index in [-0.39, 0.29) is 6.61 Å². The first kappa shape index (κ1) is 17.8. The molecule has 0 unspecified atom stereocenters. The fraction of sp³-hybridized carbons (Fsp3) is 0.412. The highest BCUT2D eigenvalue weighted by molar-refractivity contribution is 5.92. The summed E-state index contributed by atoms with van der Waals surface area (Å²) < 4.78 is 10.2. The molecule has 0 heterocycles. The van der Waals surface area contributed by atoms with Crippen molar-refractivity contribution in [2.75, 3.05) is 19.0 Å². The maximum Gasteiger partial charge on any atom is 0.333 e. The second-order valence-corrected chi connectivity index (χ2v) is 4.67. The summed E-state index contributed by atoms with van der Waals surface area (Å²) in [6.45, 7) is 4.01. The molecule has 1 aromatic rings. The van der Waals surface area contributed by atoms with Crippen LogP contribution in [0.15, 0.2) is 35.9 Å². The summed E-state index contributed by atoms with van der Waals surface area (Å²) in [5.41, 5.74) is 1.10. The van der Waals surface area contributed by atoms with Crippen molar-refractivity contribution in [1.29, 1.82) is 0 Å². The van der Waals surface area contributed by atoms with Gasteiger partial charge in [-0.2, -0.15) is 0 Å². The minimum absolute atomic E-state index is 0.263. The summed E-state index contributed by atoms with van der Waals surface area (Å²) in [4.78, 5) is 23.4. The topological polar surface area (TPSA) is 64.6 Å². The lowest BCUT2D eigenvalue weighted by atomic mass is 10.1. The van der Waals surface area contributed by atoms with Crippen LogP contribution in [0.25, 0.3) is 0 Å². The predicted molar refractivity (Wildman–Crippen MR) is 86.1 cm³/mol. The Morgan fingerprint density at radius 1 is 1.27 bits per heavy atom. The zero-order chi connectivity index (χ0) is 16.4. The molecule has 1 rings (SSSR count). The SMILES string of the molecule is CCC/C=C(\C=O)[C@H](Nc1ccc(OC)cc1)C(=O)OCC. The normalized spacial score (nSPS) is 12.4. The van der Waals surface area contributed by atoms with E-state index >= 15 is 0 Å². The van der Waals surface area contributed by atoms with Crippen LogP contribution in [0.1, 0.15) is 26.7 Å². The van der Waals surface area contributed by atoms with E-state index < -0.39 is 12.0 Å². The van der Waals surface area contributed by atoms with Gasteiger partial charge in [0, 0.05) is 11.3 Å². The lowest BCUT2D eigenvalue weighted by Gasteiger charge is -2.18. The molecule has 0 radical (unpaired) electrons. The second kappa shape index (κ2) is 9.60. The molecule has 0 amide bonds. The Morgan fingerprint density at radius 3 is 2.45 bits per heavy atom. The van der Waals surface area contributed by atoms with Gasteiger partial charge in [-0.25, -0.2) is 4.79 Å². The number of allylic oxidation sites excluding steroid dienone is 1. The maximum absolute atomic E-state index is 12.1. The maximum atomic E-state index is 12.1. The molecule has 0 aliphatic carbocycles. The Morgan fingerprint density at radius 2 is 1.95 bits per heavy atom. The first-order valence-electron chi connectivity index (χ1n) is 7.38. The predicted octanol–water partition coefficient (Wildman–Crippen LogP) is 2.96. The van der Waals surface area contributed by atoms with Crippen LogP contribution >= 0.6 is 0 Å². The van der Waals surface area contributed by atoms with Gasteiger partial charge in [-0.1, -0.05) is 19.4 Å². The number of rotatable bonds is 9. The molecule has 22 heavy (non-hydrogen) atoms. The fourth-order valence-corrected chi connectivity index (χ4v) is 1.90. The number of hydrogen-bond donors (Lipinski definition) is 1. The lowest BCUT2D eigenvalue weighted by Crippen LogP contribution is -2.34.